The van der Waals surface area contributed by atoms with Gasteiger partial charge in [-0.15, -0.1) is 0 Å². The van der Waals surface area contributed by atoms with Gasteiger partial charge in [0, 0.05) is 43.7 Å². The van der Waals surface area contributed by atoms with Crippen molar-refractivity contribution in [2.24, 2.45) is 0 Å². The maximum absolute atomic E-state index is 5.76. The SMILES string of the molecule is CN(C)CCCOc1ccc(-c2cn3c(cn2)nc2cccc(N4CCOCC4)c23)cn1. The number of hydrogen-bond acceptors (Lipinski definition) is 7. The van der Waals surface area contributed by atoms with E-state index in [2.05, 4.69) is 56.5 Å². The third-order valence-corrected chi connectivity index (χ3v) is 5.67. The highest BCUT2D eigenvalue weighted by molar-refractivity contribution is 5.92. The third kappa shape index (κ3) is 4.24. The van der Waals surface area contributed by atoms with Crippen LogP contribution in [0.3, 0.4) is 0 Å². The summed E-state index contributed by atoms with van der Waals surface area (Å²) in [7, 11) is 4.12. The Morgan fingerprint density at radius 1 is 1.06 bits per heavy atom. The van der Waals surface area contributed by atoms with E-state index >= 15 is 0 Å². The lowest BCUT2D eigenvalue weighted by molar-refractivity contribution is 0.123. The van der Waals surface area contributed by atoms with Crippen molar-refractivity contribution in [1.29, 1.82) is 0 Å². The predicted octanol–water partition coefficient (Wildman–Crippen LogP) is 3.11. The number of imidazole rings is 1. The lowest BCUT2D eigenvalue weighted by atomic mass is 10.2. The first kappa shape index (κ1) is 20.7. The molecular formula is C24H28N6O2. The van der Waals surface area contributed by atoms with E-state index in [1.54, 1.807) is 0 Å². The smallest absolute Gasteiger partial charge is 0.213 e. The van der Waals surface area contributed by atoms with Crippen molar-refractivity contribution >= 4 is 22.4 Å². The number of morpholine rings is 1. The van der Waals surface area contributed by atoms with Crippen LogP contribution in [-0.4, -0.2) is 77.8 Å². The largest absolute Gasteiger partial charge is 0.478 e. The molecule has 166 valence electrons. The Morgan fingerprint density at radius 2 is 1.94 bits per heavy atom. The normalized spacial score (nSPS) is 14.5. The fraction of sp³-hybridized carbons (Fsp3) is 0.375. The average Bonchev–Trinajstić information content (AvgIpc) is 3.21. The van der Waals surface area contributed by atoms with Crippen LogP contribution < -0.4 is 9.64 Å². The van der Waals surface area contributed by atoms with Crippen LogP contribution >= 0.6 is 0 Å². The Hall–Kier alpha value is -3.23. The first-order valence-corrected chi connectivity index (χ1v) is 11.0. The molecule has 0 amide bonds. The van der Waals surface area contributed by atoms with Gasteiger partial charge in [0.25, 0.3) is 0 Å². The zero-order valence-corrected chi connectivity index (χ0v) is 18.6. The molecule has 1 aliphatic heterocycles. The summed E-state index contributed by atoms with van der Waals surface area (Å²) in [5.74, 6) is 0.635. The third-order valence-electron chi connectivity index (χ3n) is 5.67. The molecule has 5 rings (SSSR count). The van der Waals surface area contributed by atoms with E-state index in [-0.39, 0.29) is 0 Å². The molecule has 8 heteroatoms. The molecule has 0 unspecified atom stereocenters. The van der Waals surface area contributed by atoms with E-state index in [0.29, 0.717) is 12.5 Å². The minimum atomic E-state index is 0.635. The molecule has 0 atom stereocenters. The van der Waals surface area contributed by atoms with E-state index in [4.69, 9.17) is 14.5 Å². The van der Waals surface area contributed by atoms with Crippen LogP contribution in [0.5, 0.6) is 5.88 Å². The zero-order chi connectivity index (χ0) is 21.9. The molecule has 1 aromatic carbocycles. The number of para-hydroxylation sites is 1. The monoisotopic (exact) mass is 432 g/mol. The minimum Gasteiger partial charge on any atom is -0.478 e. The van der Waals surface area contributed by atoms with Crippen LogP contribution in [0.25, 0.3) is 27.9 Å². The highest BCUT2D eigenvalue weighted by Gasteiger charge is 2.17. The number of fused-ring (bicyclic) bond motifs is 3. The number of aromatic nitrogens is 4. The molecule has 4 heterocycles. The number of pyridine rings is 1. The molecule has 32 heavy (non-hydrogen) atoms. The van der Waals surface area contributed by atoms with Gasteiger partial charge in [-0.25, -0.2) is 9.97 Å². The van der Waals surface area contributed by atoms with Gasteiger partial charge in [0.2, 0.25) is 5.88 Å². The van der Waals surface area contributed by atoms with Gasteiger partial charge in [-0.2, -0.15) is 0 Å². The van der Waals surface area contributed by atoms with Crippen LogP contribution in [-0.2, 0) is 4.74 Å². The molecule has 0 saturated carbocycles. The van der Waals surface area contributed by atoms with Gasteiger partial charge in [0.1, 0.15) is 0 Å². The van der Waals surface area contributed by atoms with Crippen LogP contribution in [0.1, 0.15) is 6.42 Å². The summed E-state index contributed by atoms with van der Waals surface area (Å²) in [4.78, 5) is 18.4. The van der Waals surface area contributed by atoms with Crippen molar-refractivity contribution in [1.82, 2.24) is 24.3 Å². The first-order valence-electron chi connectivity index (χ1n) is 11.0. The first-order chi connectivity index (χ1) is 15.7. The Kier molecular flexibility index (Phi) is 5.87. The summed E-state index contributed by atoms with van der Waals surface area (Å²) < 4.78 is 13.4. The molecule has 4 aromatic rings. The van der Waals surface area contributed by atoms with Crippen molar-refractivity contribution in [2.75, 3.05) is 58.5 Å². The summed E-state index contributed by atoms with van der Waals surface area (Å²) in [6, 6.07) is 10.2. The van der Waals surface area contributed by atoms with Gasteiger partial charge < -0.3 is 19.3 Å². The van der Waals surface area contributed by atoms with E-state index in [9.17, 15) is 0 Å². The van der Waals surface area contributed by atoms with Crippen molar-refractivity contribution in [3.05, 3.63) is 48.9 Å². The van der Waals surface area contributed by atoms with Crippen molar-refractivity contribution in [3.8, 4) is 17.1 Å². The molecule has 1 saturated heterocycles. The lowest BCUT2D eigenvalue weighted by Gasteiger charge is -2.29. The van der Waals surface area contributed by atoms with Gasteiger partial charge in [-0.1, -0.05) is 6.07 Å². The molecule has 0 spiro atoms. The summed E-state index contributed by atoms with van der Waals surface area (Å²) in [5.41, 5.74) is 5.86. The van der Waals surface area contributed by atoms with E-state index in [1.165, 1.54) is 5.69 Å². The van der Waals surface area contributed by atoms with Crippen LogP contribution in [0.2, 0.25) is 0 Å². The van der Waals surface area contributed by atoms with E-state index in [1.807, 2.05) is 30.7 Å². The van der Waals surface area contributed by atoms with Crippen LogP contribution in [0, 0.1) is 0 Å². The second-order valence-corrected chi connectivity index (χ2v) is 8.25. The van der Waals surface area contributed by atoms with Crippen LogP contribution in [0.4, 0.5) is 5.69 Å². The van der Waals surface area contributed by atoms with Crippen molar-refractivity contribution < 1.29 is 9.47 Å². The molecular weight excluding hydrogens is 404 g/mol. The molecule has 8 nitrogen and oxygen atoms in total. The molecule has 3 aromatic heterocycles. The lowest BCUT2D eigenvalue weighted by Crippen LogP contribution is -2.36. The highest BCUT2D eigenvalue weighted by Crippen LogP contribution is 2.29. The number of ether oxygens (including phenoxy) is 2. The average molecular weight is 433 g/mol. The molecule has 1 fully saturated rings. The minimum absolute atomic E-state index is 0.635. The van der Waals surface area contributed by atoms with Gasteiger partial charge in [0.05, 0.1) is 48.4 Å². The predicted molar refractivity (Wildman–Crippen MR) is 125 cm³/mol. The number of nitrogens with zero attached hydrogens (tertiary/aromatic N) is 6. The standard InChI is InChI=1S/C24H28N6O2/c1-28(2)9-4-12-32-23-8-7-18(15-26-23)20-17-30-22(16-25-20)27-19-5-3-6-21(24(19)30)29-10-13-31-14-11-29/h3,5-8,15-17H,4,9-14H2,1-2H3. The second kappa shape index (κ2) is 9.10. The fourth-order valence-electron chi connectivity index (χ4n) is 4.04. The summed E-state index contributed by atoms with van der Waals surface area (Å²) in [6.07, 6.45) is 6.65. The fourth-order valence-corrected chi connectivity index (χ4v) is 4.04. The molecule has 0 bridgehead atoms. The Labute approximate surface area is 187 Å². The topological polar surface area (TPSA) is 68.0 Å². The second-order valence-electron chi connectivity index (χ2n) is 8.25. The highest BCUT2D eigenvalue weighted by atomic mass is 16.5. The van der Waals surface area contributed by atoms with Gasteiger partial charge in [-0.3, -0.25) is 9.38 Å². The van der Waals surface area contributed by atoms with Crippen molar-refractivity contribution in [3.63, 3.8) is 0 Å². The van der Waals surface area contributed by atoms with Crippen LogP contribution in [0.15, 0.2) is 48.9 Å². The number of benzene rings is 1. The molecule has 0 N–H and O–H groups in total. The summed E-state index contributed by atoms with van der Waals surface area (Å²) in [5, 5.41) is 0. The van der Waals surface area contributed by atoms with E-state index < -0.39 is 0 Å². The number of rotatable bonds is 7. The van der Waals surface area contributed by atoms with Gasteiger partial charge in [0.15, 0.2) is 5.65 Å². The number of hydrogen-bond donors (Lipinski definition) is 0. The summed E-state index contributed by atoms with van der Waals surface area (Å²) >= 11 is 0. The van der Waals surface area contributed by atoms with Gasteiger partial charge >= 0.3 is 0 Å². The van der Waals surface area contributed by atoms with E-state index in [0.717, 1.165) is 67.2 Å². The maximum atomic E-state index is 5.76. The number of anilines is 1. The Balaban J connectivity index is 1.43. The zero-order valence-electron chi connectivity index (χ0n) is 18.6. The quantitative estimate of drug-likeness (QED) is 0.416. The molecule has 0 aliphatic carbocycles. The molecule has 1 aliphatic rings. The Bertz CT molecular complexity index is 1200. The summed E-state index contributed by atoms with van der Waals surface area (Å²) in [6.45, 7) is 4.89. The van der Waals surface area contributed by atoms with Gasteiger partial charge in [-0.05, 0) is 38.7 Å². The maximum Gasteiger partial charge on any atom is 0.213 e. The Morgan fingerprint density at radius 3 is 2.72 bits per heavy atom. The molecule has 0 radical (unpaired) electrons. The van der Waals surface area contributed by atoms with Crippen molar-refractivity contribution in [2.45, 2.75) is 6.42 Å².